The maximum absolute atomic E-state index is 11.8. The molecule has 0 aliphatic heterocycles. The van der Waals surface area contributed by atoms with Gasteiger partial charge in [0.05, 0.1) is 0 Å². The Balaban J connectivity index is 2.51. The van der Waals surface area contributed by atoms with Gasteiger partial charge in [0, 0.05) is 30.2 Å². The predicted octanol–water partition coefficient (Wildman–Crippen LogP) is 2.97. The van der Waals surface area contributed by atoms with E-state index in [1.165, 1.54) is 11.8 Å². The van der Waals surface area contributed by atoms with E-state index in [2.05, 4.69) is 0 Å². The minimum atomic E-state index is -0.592. The first-order valence-corrected chi connectivity index (χ1v) is 7.19. The number of anilines is 1. The summed E-state index contributed by atoms with van der Waals surface area (Å²) in [7, 11) is 3.92. The first-order valence-electron chi connectivity index (χ1n) is 5.97. The Morgan fingerprint density at radius 1 is 1.25 bits per heavy atom. The molecule has 0 fully saturated rings. The van der Waals surface area contributed by atoms with E-state index in [0.29, 0.717) is 10.7 Å². The van der Waals surface area contributed by atoms with E-state index >= 15 is 0 Å². The summed E-state index contributed by atoms with van der Waals surface area (Å²) in [6.45, 7) is 0. The number of hydrogen-bond acceptors (Lipinski definition) is 5. The van der Waals surface area contributed by atoms with Crippen molar-refractivity contribution in [1.29, 1.82) is 5.26 Å². The van der Waals surface area contributed by atoms with Crippen LogP contribution in [0.3, 0.4) is 0 Å². The molecular formula is C15H14N2O2S. The second-order valence-corrected chi connectivity index (χ2v) is 5.24. The smallest absolute Gasteiger partial charge is 0.355 e. The quantitative estimate of drug-likeness (QED) is 0.812. The van der Waals surface area contributed by atoms with Crippen molar-refractivity contribution in [3.05, 3.63) is 46.3 Å². The van der Waals surface area contributed by atoms with Gasteiger partial charge in [-0.2, -0.15) is 5.26 Å². The summed E-state index contributed by atoms with van der Waals surface area (Å²) in [6, 6.07) is 11.3. The van der Waals surface area contributed by atoms with Crippen molar-refractivity contribution >= 4 is 17.4 Å². The number of rotatable bonds is 3. The molecule has 0 amide bonds. The molecule has 0 spiro atoms. The maximum atomic E-state index is 11.8. The third-order valence-corrected chi connectivity index (χ3v) is 3.68. The number of benzene rings is 1. The highest BCUT2D eigenvalue weighted by atomic mass is 32.2. The molecule has 4 nitrogen and oxygen atoms in total. The SMILES string of the molecule is CSc1cc(-c2ccc(N(C)C)cc2)oc(=O)c1C#N. The van der Waals surface area contributed by atoms with Crippen LogP contribution in [-0.2, 0) is 0 Å². The van der Waals surface area contributed by atoms with E-state index in [0.717, 1.165) is 11.3 Å². The van der Waals surface area contributed by atoms with Gasteiger partial charge in [-0.05, 0) is 36.6 Å². The van der Waals surface area contributed by atoms with Gasteiger partial charge in [-0.1, -0.05) is 0 Å². The van der Waals surface area contributed by atoms with Crippen molar-refractivity contribution in [2.75, 3.05) is 25.3 Å². The summed E-state index contributed by atoms with van der Waals surface area (Å²) in [5.41, 5.74) is 1.35. The van der Waals surface area contributed by atoms with E-state index in [4.69, 9.17) is 9.68 Å². The second kappa shape index (κ2) is 5.85. The van der Waals surface area contributed by atoms with Crippen molar-refractivity contribution < 1.29 is 4.42 Å². The Bertz CT molecular complexity index is 712. The van der Waals surface area contributed by atoms with Crippen molar-refractivity contribution in [2.45, 2.75) is 4.90 Å². The lowest BCUT2D eigenvalue weighted by Gasteiger charge is -2.12. The zero-order valence-corrected chi connectivity index (χ0v) is 12.3. The summed E-state index contributed by atoms with van der Waals surface area (Å²) < 4.78 is 5.22. The molecule has 0 atom stereocenters. The van der Waals surface area contributed by atoms with Crippen LogP contribution in [0.1, 0.15) is 5.56 Å². The number of nitrogens with zero attached hydrogens (tertiary/aromatic N) is 2. The highest BCUT2D eigenvalue weighted by Gasteiger charge is 2.12. The molecule has 1 aromatic heterocycles. The predicted molar refractivity (Wildman–Crippen MR) is 81.2 cm³/mol. The first-order chi connectivity index (χ1) is 9.56. The molecule has 0 radical (unpaired) electrons. The summed E-state index contributed by atoms with van der Waals surface area (Å²) in [5.74, 6) is 0.476. The molecule has 2 aromatic rings. The fourth-order valence-corrected chi connectivity index (χ4v) is 2.36. The van der Waals surface area contributed by atoms with Crippen LogP contribution in [0.25, 0.3) is 11.3 Å². The Kier molecular flexibility index (Phi) is 4.16. The van der Waals surface area contributed by atoms with Gasteiger partial charge in [0.15, 0.2) is 5.56 Å². The van der Waals surface area contributed by atoms with Crippen molar-refractivity contribution in [3.63, 3.8) is 0 Å². The van der Waals surface area contributed by atoms with Gasteiger partial charge in [0.2, 0.25) is 0 Å². The fraction of sp³-hybridized carbons (Fsp3) is 0.200. The summed E-state index contributed by atoms with van der Waals surface area (Å²) in [4.78, 5) is 14.4. The monoisotopic (exact) mass is 286 g/mol. The molecule has 0 aliphatic carbocycles. The molecule has 20 heavy (non-hydrogen) atoms. The largest absolute Gasteiger partial charge is 0.422 e. The third kappa shape index (κ3) is 2.70. The summed E-state index contributed by atoms with van der Waals surface area (Å²) in [6.07, 6.45) is 1.83. The molecule has 1 heterocycles. The number of nitriles is 1. The Morgan fingerprint density at radius 3 is 2.40 bits per heavy atom. The zero-order chi connectivity index (χ0) is 14.7. The molecule has 0 unspecified atom stereocenters. The van der Waals surface area contributed by atoms with E-state index in [1.807, 2.05) is 55.6 Å². The molecule has 2 rings (SSSR count). The lowest BCUT2D eigenvalue weighted by atomic mass is 10.1. The van der Waals surface area contributed by atoms with Gasteiger partial charge in [-0.15, -0.1) is 11.8 Å². The van der Waals surface area contributed by atoms with E-state index < -0.39 is 5.63 Å². The molecule has 1 aromatic carbocycles. The molecule has 0 aliphatic rings. The lowest BCUT2D eigenvalue weighted by Crippen LogP contribution is -2.08. The molecule has 5 heteroatoms. The lowest BCUT2D eigenvalue weighted by molar-refractivity contribution is 0.518. The van der Waals surface area contributed by atoms with Gasteiger partial charge in [0.25, 0.3) is 0 Å². The second-order valence-electron chi connectivity index (χ2n) is 4.39. The zero-order valence-electron chi connectivity index (χ0n) is 11.5. The molecule has 0 saturated heterocycles. The average Bonchev–Trinajstić information content (AvgIpc) is 2.46. The van der Waals surface area contributed by atoms with Crippen molar-refractivity contribution in [3.8, 4) is 17.4 Å². The minimum Gasteiger partial charge on any atom is -0.422 e. The van der Waals surface area contributed by atoms with Crippen LogP contribution >= 0.6 is 11.8 Å². The highest BCUT2D eigenvalue weighted by molar-refractivity contribution is 7.98. The van der Waals surface area contributed by atoms with Crippen molar-refractivity contribution in [2.24, 2.45) is 0 Å². The van der Waals surface area contributed by atoms with Crippen LogP contribution in [0.15, 0.2) is 44.4 Å². The van der Waals surface area contributed by atoms with E-state index in [9.17, 15) is 4.79 Å². The normalized spacial score (nSPS) is 10.1. The molecule has 0 saturated carbocycles. The summed E-state index contributed by atoms with van der Waals surface area (Å²) >= 11 is 1.36. The van der Waals surface area contributed by atoms with Gasteiger partial charge in [-0.3, -0.25) is 0 Å². The summed E-state index contributed by atoms with van der Waals surface area (Å²) in [5, 5.41) is 8.96. The van der Waals surface area contributed by atoms with Crippen LogP contribution in [-0.4, -0.2) is 20.4 Å². The van der Waals surface area contributed by atoms with Gasteiger partial charge < -0.3 is 9.32 Å². The highest BCUT2D eigenvalue weighted by Crippen LogP contribution is 2.26. The minimum absolute atomic E-state index is 0.0613. The number of hydrogen-bond donors (Lipinski definition) is 0. The number of thioether (sulfide) groups is 1. The fourth-order valence-electron chi connectivity index (χ4n) is 1.80. The maximum Gasteiger partial charge on any atom is 0.355 e. The molecular weight excluding hydrogens is 272 g/mol. The van der Waals surface area contributed by atoms with Gasteiger partial charge >= 0.3 is 5.63 Å². The van der Waals surface area contributed by atoms with E-state index in [-0.39, 0.29) is 5.56 Å². The van der Waals surface area contributed by atoms with Gasteiger partial charge in [0.1, 0.15) is 11.8 Å². The van der Waals surface area contributed by atoms with Crippen LogP contribution in [0, 0.1) is 11.3 Å². The van der Waals surface area contributed by atoms with E-state index in [1.54, 1.807) is 6.07 Å². The molecule has 0 bridgehead atoms. The molecule has 102 valence electrons. The Morgan fingerprint density at radius 2 is 1.90 bits per heavy atom. The standard InChI is InChI=1S/C15H14N2O2S/c1-17(2)11-6-4-10(5-7-11)13-8-14(20-3)12(9-16)15(18)19-13/h4-8H,1-3H3. The van der Waals surface area contributed by atoms with Crippen molar-refractivity contribution in [1.82, 2.24) is 0 Å². The van der Waals surface area contributed by atoms with Crippen LogP contribution in [0.5, 0.6) is 0 Å². The van der Waals surface area contributed by atoms with Crippen LogP contribution < -0.4 is 10.5 Å². The molecule has 0 N–H and O–H groups in total. The van der Waals surface area contributed by atoms with Crippen LogP contribution in [0.4, 0.5) is 5.69 Å². The first kappa shape index (κ1) is 14.2. The average molecular weight is 286 g/mol. The Labute approximate surface area is 121 Å². The van der Waals surface area contributed by atoms with Crippen LogP contribution in [0.2, 0.25) is 0 Å². The Hall–Kier alpha value is -2.19. The topological polar surface area (TPSA) is 57.2 Å². The third-order valence-electron chi connectivity index (χ3n) is 2.92. The van der Waals surface area contributed by atoms with Gasteiger partial charge in [-0.25, -0.2) is 4.79 Å².